The fraction of sp³-hybridized carbons (Fsp3) is 0.103. The van der Waals surface area contributed by atoms with Crippen LogP contribution >= 0.6 is 0 Å². The Morgan fingerprint density at radius 1 is 0.944 bits per heavy atom. The predicted octanol–water partition coefficient (Wildman–Crippen LogP) is 4.31. The van der Waals surface area contributed by atoms with E-state index in [0.29, 0.717) is 45.9 Å². The van der Waals surface area contributed by atoms with Crippen molar-refractivity contribution in [3.63, 3.8) is 0 Å². The molecule has 0 radical (unpaired) electrons. The number of carbonyl (C=O) groups excluding carboxylic acids is 1. The standard InChI is InChI=1S/C29H22N4O3/c30-29-24-8-6-19(17-34)13-26(24)33-27(29)15-28(36)20-4-1-3-18(11-20)12-22-14-23(35)7-9-25(32-22)21-5-2-10-31-16-21/h1-11,13-14,16,30,34H,12,15,17H2. The van der Waals surface area contributed by atoms with Gasteiger partial charge in [0.2, 0.25) is 0 Å². The Labute approximate surface area is 207 Å². The van der Waals surface area contributed by atoms with E-state index in [1.165, 1.54) is 12.1 Å². The lowest BCUT2D eigenvalue weighted by molar-refractivity contribution is 0.100. The molecule has 3 heterocycles. The largest absolute Gasteiger partial charge is 0.392 e. The zero-order valence-electron chi connectivity index (χ0n) is 19.3. The van der Waals surface area contributed by atoms with E-state index in [4.69, 9.17) is 5.41 Å². The number of ketones is 1. The summed E-state index contributed by atoms with van der Waals surface area (Å²) in [7, 11) is 0. The zero-order chi connectivity index (χ0) is 25.1. The first-order chi connectivity index (χ1) is 17.5. The molecule has 2 N–H and O–H groups in total. The highest BCUT2D eigenvalue weighted by Crippen LogP contribution is 2.29. The number of pyridine rings is 1. The minimum atomic E-state index is -0.151. The molecule has 0 spiro atoms. The number of aromatic nitrogens is 2. The Morgan fingerprint density at radius 2 is 1.83 bits per heavy atom. The number of nitrogens with zero attached hydrogens (tertiary/aromatic N) is 3. The number of hydrogen-bond acceptors (Lipinski definition) is 7. The van der Waals surface area contributed by atoms with Crippen molar-refractivity contribution in [3.05, 3.63) is 123 Å². The smallest absolute Gasteiger partial charge is 0.180 e. The lowest BCUT2D eigenvalue weighted by atomic mass is 9.98. The molecule has 0 unspecified atom stereocenters. The molecule has 1 aliphatic heterocycles. The van der Waals surface area contributed by atoms with Crippen LogP contribution in [0.15, 0.2) is 95.0 Å². The van der Waals surface area contributed by atoms with Gasteiger partial charge >= 0.3 is 0 Å². The van der Waals surface area contributed by atoms with E-state index in [-0.39, 0.29) is 30.0 Å². The van der Waals surface area contributed by atoms with Crippen molar-refractivity contribution in [2.75, 3.05) is 0 Å². The summed E-state index contributed by atoms with van der Waals surface area (Å²) < 4.78 is 0. The molecule has 0 atom stereocenters. The lowest BCUT2D eigenvalue weighted by Gasteiger charge is -2.06. The van der Waals surface area contributed by atoms with Crippen LogP contribution in [0.1, 0.15) is 39.2 Å². The Bertz CT molecular complexity index is 1580. The summed E-state index contributed by atoms with van der Waals surface area (Å²) in [6.45, 7) is -0.108. The van der Waals surface area contributed by atoms with Gasteiger partial charge in [0.15, 0.2) is 11.2 Å². The van der Waals surface area contributed by atoms with Crippen molar-refractivity contribution in [3.8, 4) is 11.3 Å². The number of benzene rings is 2. The molecule has 0 saturated carbocycles. The van der Waals surface area contributed by atoms with Gasteiger partial charge < -0.3 is 5.11 Å². The summed E-state index contributed by atoms with van der Waals surface area (Å²) in [5.74, 6) is -0.150. The van der Waals surface area contributed by atoms with Crippen molar-refractivity contribution in [1.82, 2.24) is 9.97 Å². The minimum Gasteiger partial charge on any atom is -0.392 e. The van der Waals surface area contributed by atoms with Gasteiger partial charge in [0.1, 0.15) is 0 Å². The molecule has 2 aromatic carbocycles. The molecule has 2 aromatic heterocycles. The first-order valence-corrected chi connectivity index (χ1v) is 11.4. The van der Waals surface area contributed by atoms with Gasteiger partial charge in [0.25, 0.3) is 0 Å². The number of aliphatic hydroxyl groups is 1. The topological polar surface area (TPSA) is 116 Å². The van der Waals surface area contributed by atoms with E-state index in [9.17, 15) is 14.7 Å². The molecule has 0 amide bonds. The number of hydrogen-bond donors (Lipinski definition) is 2. The van der Waals surface area contributed by atoms with Crippen LogP contribution in [-0.2, 0) is 13.0 Å². The van der Waals surface area contributed by atoms with Gasteiger partial charge in [-0.15, -0.1) is 0 Å². The third-order valence-electron chi connectivity index (χ3n) is 5.96. The maximum absolute atomic E-state index is 13.1. The van der Waals surface area contributed by atoms with Crippen molar-refractivity contribution in [2.24, 2.45) is 4.99 Å². The molecule has 5 rings (SSSR count). The van der Waals surface area contributed by atoms with E-state index >= 15 is 0 Å². The summed E-state index contributed by atoms with van der Waals surface area (Å²) >= 11 is 0. The average molecular weight is 475 g/mol. The van der Waals surface area contributed by atoms with Crippen molar-refractivity contribution >= 4 is 22.9 Å². The Morgan fingerprint density at radius 3 is 2.64 bits per heavy atom. The molecule has 7 heteroatoms. The zero-order valence-corrected chi connectivity index (χ0v) is 19.3. The molecule has 4 aromatic rings. The number of rotatable bonds is 7. The summed E-state index contributed by atoms with van der Waals surface area (Å²) in [6.07, 6.45) is 3.75. The number of aliphatic hydroxyl groups excluding tert-OH is 1. The summed E-state index contributed by atoms with van der Waals surface area (Å²) in [6, 6.07) is 20.8. The normalized spacial score (nSPS) is 12.2. The third kappa shape index (κ3) is 4.92. The second-order valence-corrected chi connectivity index (χ2v) is 8.53. The number of nitrogens with one attached hydrogen (secondary N) is 1. The van der Waals surface area contributed by atoms with Gasteiger partial charge in [-0.25, -0.2) is 0 Å². The van der Waals surface area contributed by atoms with Crippen LogP contribution in [0.2, 0.25) is 0 Å². The summed E-state index contributed by atoms with van der Waals surface area (Å²) in [5, 5.41) is 17.8. The summed E-state index contributed by atoms with van der Waals surface area (Å²) in [4.78, 5) is 38.6. The van der Waals surface area contributed by atoms with Gasteiger partial charge in [-0.3, -0.25) is 30.0 Å². The molecule has 0 aliphatic carbocycles. The number of fused-ring (bicyclic) bond motifs is 1. The second kappa shape index (κ2) is 9.93. The molecular formula is C29H22N4O3. The number of Topliss-reactive ketones (excluding diaryl/α,β-unsaturated/α-hetero) is 1. The van der Waals surface area contributed by atoms with Crippen LogP contribution in [-0.4, -0.2) is 32.3 Å². The van der Waals surface area contributed by atoms with E-state index in [1.54, 1.807) is 54.9 Å². The Hall–Kier alpha value is -4.62. The molecule has 0 saturated heterocycles. The van der Waals surface area contributed by atoms with Crippen LogP contribution in [0.3, 0.4) is 0 Å². The van der Waals surface area contributed by atoms with Crippen molar-refractivity contribution < 1.29 is 9.90 Å². The molecule has 36 heavy (non-hydrogen) atoms. The van der Waals surface area contributed by atoms with Crippen LogP contribution in [0, 0.1) is 5.41 Å². The molecular weight excluding hydrogens is 452 g/mol. The maximum Gasteiger partial charge on any atom is 0.180 e. The highest BCUT2D eigenvalue weighted by Gasteiger charge is 2.24. The van der Waals surface area contributed by atoms with Crippen LogP contribution in [0.25, 0.3) is 11.3 Å². The van der Waals surface area contributed by atoms with Gasteiger partial charge in [-0.2, -0.15) is 0 Å². The average Bonchev–Trinajstić information content (AvgIpc) is 3.07. The molecule has 0 fully saturated rings. The van der Waals surface area contributed by atoms with Crippen LogP contribution in [0.5, 0.6) is 0 Å². The monoisotopic (exact) mass is 474 g/mol. The van der Waals surface area contributed by atoms with E-state index in [0.717, 1.165) is 11.1 Å². The number of carbonyl (C=O) groups is 1. The number of aliphatic imine (C=N–C) groups is 1. The van der Waals surface area contributed by atoms with Gasteiger partial charge in [-0.1, -0.05) is 30.3 Å². The lowest BCUT2D eigenvalue weighted by Crippen LogP contribution is -2.15. The van der Waals surface area contributed by atoms with Crippen LogP contribution < -0.4 is 5.43 Å². The van der Waals surface area contributed by atoms with Crippen molar-refractivity contribution in [1.29, 1.82) is 5.41 Å². The van der Waals surface area contributed by atoms with Gasteiger partial charge in [0.05, 0.1) is 35.8 Å². The molecule has 7 nitrogen and oxygen atoms in total. The quantitative estimate of drug-likeness (QED) is 0.387. The highest BCUT2D eigenvalue weighted by molar-refractivity contribution is 6.53. The first-order valence-electron chi connectivity index (χ1n) is 11.4. The first kappa shape index (κ1) is 23.1. The minimum absolute atomic E-state index is 0.000163. The van der Waals surface area contributed by atoms with E-state index < -0.39 is 0 Å². The Kier molecular flexibility index (Phi) is 6.38. The SMILES string of the molecule is N=C1C(CC(=O)c2cccc(Cc3cc(=O)ccc(-c4cccnc4)n3)c2)=Nc2cc(CO)ccc21. The fourth-order valence-electron chi connectivity index (χ4n) is 4.15. The molecule has 176 valence electrons. The van der Waals surface area contributed by atoms with E-state index in [2.05, 4.69) is 15.0 Å². The molecule has 1 aliphatic rings. The maximum atomic E-state index is 13.1. The van der Waals surface area contributed by atoms with Gasteiger partial charge in [0, 0.05) is 47.3 Å². The van der Waals surface area contributed by atoms with Crippen LogP contribution in [0.4, 0.5) is 5.69 Å². The highest BCUT2D eigenvalue weighted by atomic mass is 16.3. The van der Waals surface area contributed by atoms with Gasteiger partial charge in [-0.05, 0) is 47.5 Å². The second-order valence-electron chi connectivity index (χ2n) is 8.53. The fourth-order valence-corrected chi connectivity index (χ4v) is 4.15. The summed E-state index contributed by atoms with van der Waals surface area (Å²) in [5.41, 5.74) is 5.84. The Balaban J connectivity index is 1.37. The molecule has 0 bridgehead atoms. The van der Waals surface area contributed by atoms with E-state index in [1.807, 2.05) is 18.2 Å². The third-order valence-corrected chi connectivity index (χ3v) is 5.96. The predicted molar refractivity (Wildman–Crippen MR) is 138 cm³/mol. The van der Waals surface area contributed by atoms with Crippen molar-refractivity contribution in [2.45, 2.75) is 19.4 Å².